The van der Waals surface area contributed by atoms with Crippen LogP contribution >= 0.6 is 0 Å². The van der Waals surface area contributed by atoms with E-state index in [9.17, 15) is 0 Å². The van der Waals surface area contributed by atoms with Crippen LogP contribution in [-0.2, 0) is 101 Å². The van der Waals surface area contributed by atoms with Crippen LogP contribution in [0.15, 0.2) is 182 Å². The number of hydrogen-bond acceptors (Lipinski definition) is 13. The lowest BCUT2D eigenvalue weighted by Gasteiger charge is -2.50. The minimum Gasteiger partial charge on any atom is -0.368 e. The molecule has 0 saturated carbocycles. The van der Waals surface area contributed by atoms with Gasteiger partial charge in [0.1, 0.15) is 67.1 Å². The predicted molar refractivity (Wildman–Crippen MR) is 278 cm³/mol. The quantitative estimate of drug-likeness (QED) is 0.0606. The summed E-state index contributed by atoms with van der Waals surface area (Å²) in [5.74, 6) is -1.99. The van der Waals surface area contributed by atoms with Crippen molar-refractivity contribution in [1.29, 1.82) is 0 Å². The number of rotatable bonds is 23. The number of fused-ring (bicyclic) bond motifs is 3. The van der Waals surface area contributed by atoms with Gasteiger partial charge in [-0.15, -0.1) is 0 Å². The Morgan fingerprint density at radius 3 is 1.19 bits per heavy atom. The average molecular weight is 1020 g/mol. The van der Waals surface area contributed by atoms with Gasteiger partial charge < -0.3 is 61.6 Å². The molecule has 4 aliphatic heterocycles. The van der Waals surface area contributed by atoms with Crippen molar-refractivity contribution in [2.24, 2.45) is 0 Å². The van der Waals surface area contributed by atoms with Crippen LogP contribution in [0.3, 0.4) is 0 Å². The van der Waals surface area contributed by atoms with E-state index in [0.717, 1.165) is 33.4 Å². The first kappa shape index (κ1) is 53.2. The van der Waals surface area contributed by atoms with Crippen molar-refractivity contribution in [3.8, 4) is 0 Å². The van der Waals surface area contributed by atoms with Gasteiger partial charge in [0.05, 0.1) is 39.6 Å². The van der Waals surface area contributed by atoms with Crippen molar-refractivity contribution in [2.75, 3.05) is 7.11 Å². The highest BCUT2D eigenvalue weighted by atomic mass is 16.9. The third kappa shape index (κ3) is 13.5. The molecule has 0 aromatic heterocycles. The molecule has 0 unspecified atom stereocenters. The summed E-state index contributed by atoms with van der Waals surface area (Å²) in [4.78, 5) is 0. The molecule has 75 heavy (non-hydrogen) atoms. The molecule has 10 rings (SSSR count). The first-order valence-electron chi connectivity index (χ1n) is 26.1. The maximum atomic E-state index is 7.42. The highest BCUT2D eigenvalue weighted by Crippen LogP contribution is 2.47. The SMILES string of the molecule is CO[C@H]1O[C@H]([C@H](OCc2ccccc2)[C@H](OCc2ccccc2)[C@@H](OCc2ccccc2)[C@H]2O[C@@H]3OC(C)(C)O[C@@H]3[C@H]3OC(C)(C)O[C@@H]23)[C@@H](OCc2ccccc2)[C@H](OCc2ccccc2)[C@H]1OCc1ccccc1. The van der Waals surface area contributed by atoms with Crippen molar-refractivity contribution in [1.82, 2.24) is 0 Å². The third-order valence-corrected chi connectivity index (χ3v) is 14.0. The zero-order valence-electron chi connectivity index (χ0n) is 43.4. The Morgan fingerprint density at radius 2 is 0.733 bits per heavy atom. The second kappa shape index (κ2) is 24.9. The number of hydrogen-bond donors (Lipinski definition) is 0. The monoisotopic (exact) mass is 1020 g/mol. The fourth-order valence-corrected chi connectivity index (χ4v) is 10.5. The van der Waals surface area contributed by atoms with E-state index in [1.165, 1.54) is 0 Å². The molecular weight excluding hydrogens is 953 g/mol. The summed E-state index contributed by atoms with van der Waals surface area (Å²) in [7, 11) is 1.62. The van der Waals surface area contributed by atoms with E-state index >= 15 is 0 Å². The molecule has 6 aromatic rings. The standard InChI is InChI=1S/C62H70O13/c1-61(2)72-55-54(71-60-58(56(55)73-61)74-62(3,4)75-60)50(66-38-44-28-16-8-17-29-44)48(64-36-42-24-12-6-13-25-42)49(65-37-43-26-14-7-15-27-43)53-51(67-39-45-30-18-9-19-31-45)52(68-40-46-32-20-10-21-33-46)57(59(63-5)70-53)69-41-47-34-22-11-23-35-47/h6-35,48-60H,36-41H2,1-5H3/t48-,49+,50+,51-,52-,53+,54+,55-,56-,57+,58+,59-,60+/m0/s1. The van der Waals surface area contributed by atoms with Crippen LogP contribution in [0.2, 0.25) is 0 Å². The summed E-state index contributed by atoms with van der Waals surface area (Å²) in [6, 6.07) is 60.2. The van der Waals surface area contributed by atoms with Crippen molar-refractivity contribution >= 4 is 0 Å². The van der Waals surface area contributed by atoms with Crippen molar-refractivity contribution < 1.29 is 61.6 Å². The Bertz CT molecular complexity index is 2610. The fourth-order valence-electron chi connectivity index (χ4n) is 10.5. The van der Waals surface area contributed by atoms with Gasteiger partial charge in [0.25, 0.3) is 0 Å². The largest absolute Gasteiger partial charge is 0.368 e. The van der Waals surface area contributed by atoms with Crippen LogP contribution in [0.25, 0.3) is 0 Å². The van der Waals surface area contributed by atoms with Gasteiger partial charge in [-0.2, -0.15) is 0 Å². The zero-order chi connectivity index (χ0) is 51.6. The van der Waals surface area contributed by atoms with Crippen LogP contribution in [0.4, 0.5) is 0 Å². The Morgan fingerprint density at radius 1 is 0.373 bits per heavy atom. The van der Waals surface area contributed by atoms with Crippen LogP contribution in [0.1, 0.15) is 61.1 Å². The van der Waals surface area contributed by atoms with Gasteiger partial charge in [0.2, 0.25) is 0 Å². The molecule has 0 aliphatic carbocycles. The highest BCUT2D eigenvalue weighted by Gasteiger charge is 2.64. The third-order valence-electron chi connectivity index (χ3n) is 14.0. The summed E-state index contributed by atoms with van der Waals surface area (Å²) in [6.07, 6.45) is -11.0. The lowest BCUT2D eigenvalue weighted by atomic mass is 9.86. The van der Waals surface area contributed by atoms with Crippen molar-refractivity contribution in [3.63, 3.8) is 0 Å². The van der Waals surface area contributed by atoms with E-state index in [1.54, 1.807) is 7.11 Å². The van der Waals surface area contributed by atoms with E-state index in [-0.39, 0.29) is 39.6 Å². The van der Waals surface area contributed by atoms with Gasteiger partial charge >= 0.3 is 0 Å². The minimum atomic E-state index is -1.01. The van der Waals surface area contributed by atoms with E-state index in [0.29, 0.717) is 0 Å². The summed E-state index contributed by atoms with van der Waals surface area (Å²) in [5, 5.41) is 0. The van der Waals surface area contributed by atoms with Crippen molar-refractivity contribution in [2.45, 2.75) is 159 Å². The molecule has 4 fully saturated rings. The minimum absolute atomic E-state index is 0.161. The van der Waals surface area contributed by atoms with E-state index in [1.807, 2.05) is 210 Å². The van der Waals surface area contributed by atoms with E-state index < -0.39 is 91.3 Å². The molecule has 0 bridgehead atoms. The molecule has 6 aromatic carbocycles. The van der Waals surface area contributed by atoms with Crippen LogP contribution in [0.5, 0.6) is 0 Å². The van der Waals surface area contributed by atoms with Crippen LogP contribution < -0.4 is 0 Å². The molecule has 0 N–H and O–H groups in total. The van der Waals surface area contributed by atoms with Gasteiger partial charge in [0, 0.05) is 7.11 Å². The maximum Gasteiger partial charge on any atom is 0.190 e. The molecule has 0 radical (unpaired) electrons. The Kier molecular flexibility index (Phi) is 17.6. The normalized spacial score (nSPS) is 28.0. The van der Waals surface area contributed by atoms with Gasteiger partial charge in [-0.3, -0.25) is 0 Å². The lowest BCUT2D eigenvalue weighted by Crippen LogP contribution is -2.68. The Balaban J connectivity index is 1.12. The molecule has 13 atom stereocenters. The molecule has 4 heterocycles. The molecule has 13 heteroatoms. The number of benzene rings is 6. The van der Waals surface area contributed by atoms with Gasteiger partial charge in [-0.1, -0.05) is 182 Å². The van der Waals surface area contributed by atoms with Crippen molar-refractivity contribution in [3.05, 3.63) is 215 Å². The molecule has 0 spiro atoms. The molecule has 4 saturated heterocycles. The summed E-state index contributed by atoms with van der Waals surface area (Å²) < 4.78 is 91.0. The lowest BCUT2D eigenvalue weighted by molar-refractivity contribution is -0.344. The molecule has 13 nitrogen and oxygen atoms in total. The molecule has 396 valence electrons. The second-order valence-electron chi connectivity index (χ2n) is 20.4. The highest BCUT2D eigenvalue weighted by molar-refractivity contribution is 5.19. The van der Waals surface area contributed by atoms with Crippen LogP contribution in [0, 0.1) is 0 Å². The second-order valence-corrected chi connectivity index (χ2v) is 20.4. The number of ether oxygens (including phenoxy) is 13. The Hall–Kier alpha value is -5.20. The molecule has 4 aliphatic rings. The van der Waals surface area contributed by atoms with Crippen LogP contribution in [-0.4, -0.2) is 98.4 Å². The molecular formula is C62H70O13. The smallest absolute Gasteiger partial charge is 0.190 e. The maximum absolute atomic E-state index is 7.42. The van der Waals surface area contributed by atoms with Gasteiger partial charge in [-0.05, 0) is 61.1 Å². The Labute approximate surface area is 441 Å². The molecule has 0 amide bonds. The first-order valence-corrected chi connectivity index (χ1v) is 26.1. The predicted octanol–water partition coefficient (Wildman–Crippen LogP) is 10.3. The first-order chi connectivity index (χ1) is 36.6. The van der Waals surface area contributed by atoms with E-state index in [2.05, 4.69) is 0 Å². The average Bonchev–Trinajstić information content (AvgIpc) is 3.95. The summed E-state index contributed by atoms with van der Waals surface area (Å²) in [5.41, 5.74) is 5.70. The van der Waals surface area contributed by atoms with Gasteiger partial charge in [-0.25, -0.2) is 0 Å². The summed E-state index contributed by atoms with van der Waals surface area (Å²) >= 11 is 0. The van der Waals surface area contributed by atoms with E-state index in [4.69, 9.17) is 61.6 Å². The zero-order valence-corrected chi connectivity index (χ0v) is 43.4. The topological polar surface area (TPSA) is 120 Å². The van der Waals surface area contributed by atoms with Gasteiger partial charge in [0.15, 0.2) is 24.2 Å². The number of methoxy groups -OCH3 is 1. The summed E-state index contributed by atoms with van der Waals surface area (Å²) in [6.45, 7) is 8.75. The fraction of sp³-hybridized carbons (Fsp3) is 0.419.